The second-order valence-corrected chi connectivity index (χ2v) is 3.13. The van der Waals surface area contributed by atoms with Crippen LogP contribution in [0.5, 0.6) is 0 Å². The molecule has 1 rings (SSSR count). The van der Waals surface area contributed by atoms with Gasteiger partial charge in [-0.2, -0.15) is 0 Å². The van der Waals surface area contributed by atoms with Gasteiger partial charge in [-0.3, -0.25) is 0 Å². The Morgan fingerprint density at radius 3 is 2.87 bits per heavy atom. The summed E-state index contributed by atoms with van der Waals surface area (Å²) in [6.07, 6.45) is 3.49. The number of aryl methyl sites for hydroxylation is 1. The van der Waals surface area contributed by atoms with Crippen molar-refractivity contribution in [1.82, 2.24) is 0 Å². The summed E-state index contributed by atoms with van der Waals surface area (Å²) >= 11 is 0. The molecule has 0 bridgehead atoms. The minimum Gasteiger partial charge on any atom is -0.458 e. The van der Waals surface area contributed by atoms with Crippen LogP contribution in [-0.2, 0) is 4.74 Å². The van der Waals surface area contributed by atoms with E-state index in [9.17, 15) is 9.18 Å². The third kappa shape index (κ3) is 3.20. The summed E-state index contributed by atoms with van der Waals surface area (Å²) in [5, 5.41) is 0. The predicted octanol–water partition coefficient (Wildman–Crippen LogP) is 2.87. The molecule has 0 fully saturated rings. The molecule has 0 N–H and O–H groups in total. The number of carbonyl (C=O) groups excluding carboxylic acids is 1. The van der Waals surface area contributed by atoms with Gasteiger partial charge in [-0.25, -0.2) is 9.18 Å². The maximum Gasteiger partial charge on any atom is 0.338 e. The number of esters is 1. The molecule has 15 heavy (non-hydrogen) atoms. The van der Waals surface area contributed by atoms with Crippen LogP contribution in [0.2, 0.25) is 0 Å². The number of halogens is 1. The van der Waals surface area contributed by atoms with Crippen molar-refractivity contribution in [2.24, 2.45) is 0 Å². The fourth-order valence-electron chi connectivity index (χ4n) is 1.02. The van der Waals surface area contributed by atoms with Crippen LogP contribution in [0.4, 0.5) is 4.39 Å². The van der Waals surface area contributed by atoms with Crippen molar-refractivity contribution >= 4 is 5.97 Å². The van der Waals surface area contributed by atoms with E-state index in [1.807, 2.05) is 6.92 Å². The molecule has 0 radical (unpaired) electrons. The quantitative estimate of drug-likeness (QED) is 0.564. The third-order valence-electron chi connectivity index (χ3n) is 1.95. The minimum absolute atomic E-state index is 0.213. The van der Waals surface area contributed by atoms with Gasteiger partial charge in [-0.05, 0) is 31.5 Å². The van der Waals surface area contributed by atoms with E-state index in [2.05, 4.69) is 0 Å². The molecule has 1 aromatic rings. The molecule has 0 aliphatic carbocycles. The van der Waals surface area contributed by atoms with Gasteiger partial charge in [-0.1, -0.05) is 18.2 Å². The van der Waals surface area contributed by atoms with Crippen molar-refractivity contribution in [2.45, 2.75) is 13.8 Å². The Labute approximate surface area is 88.4 Å². The highest BCUT2D eigenvalue weighted by Crippen LogP contribution is 2.10. The molecule has 80 valence electrons. The second kappa shape index (κ2) is 5.29. The zero-order chi connectivity index (χ0) is 11.3. The average Bonchev–Trinajstić information content (AvgIpc) is 2.22. The van der Waals surface area contributed by atoms with Gasteiger partial charge in [-0.15, -0.1) is 0 Å². The Kier molecular flexibility index (Phi) is 4.03. The molecular formula is C12H13FO2. The van der Waals surface area contributed by atoms with Gasteiger partial charge in [0, 0.05) is 0 Å². The smallest absolute Gasteiger partial charge is 0.338 e. The van der Waals surface area contributed by atoms with Crippen LogP contribution >= 0.6 is 0 Å². The molecule has 0 heterocycles. The van der Waals surface area contributed by atoms with Crippen LogP contribution in [0.15, 0.2) is 30.4 Å². The van der Waals surface area contributed by atoms with Crippen molar-refractivity contribution < 1.29 is 13.9 Å². The van der Waals surface area contributed by atoms with Crippen LogP contribution in [0.1, 0.15) is 22.8 Å². The Bertz CT molecular complexity index is 383. The van der Waals surface area contributed by atoms with Crippen LogP contribution in [0, 0.1) is 12.7 Å². The zero-order valence-electron chi connectivity index (χ0n) is 8.79. The van der Waals surface area contributed by atoms with E-state index in [0.717, 1.165) is 0 Å². The average molecular weight is 208 g/mol. The molecule has 0 atom stereocenters. The SMILES string of the molecule is C/C=C/COC(=O)c1ccc(C)c(F)c1. The first kappa shape index (κ1) is 11.4. The first-order valence-electron chi connectivity index (χ1n) is 4.69. The predicted molar refractivity (Wildman–Crippen MR) is 56.2 cm³/mol. The maximum absolute atomic E-state index is 13.1. The summed E-state index contributed by atoms with van der Waals surface area (Å²) in [7, 11) is 0. The number of hydrogen-bond donors (Lipinski definition) is 0. The number of hydrogen-bond acceptors (Lipinski definition) is 2. The molecule has 2 nitrogen and oxygen atoms in total. The summed E-state index contributed by atoms with van der Waals surface area (Å²) in [6.45, 7) is 3.69. The van der Waals surface area contributed by atoms with Gasteiger partial charge in [0.1, 0.15) is 12.4 Å². The van der Waals surface area contributed by atoms with Crippen molar-refractivity contribution in [2.75, 3.05) is 6.61 Å². The molecule has 0 unspecified atom stereocenters. The van der Waals surface area contributed by atoms with Crippen LogP contribution in [0.3, 0.4) is 0 Å². The highest BCUT2D eigenvalue weighted by molar-refractivity contribution is 5.89. The first-order valence-corrected chi connectivity index (χ1v) is 4.69. The van der Waals surface area contributed by atoms with Gasteiger partial charge < -0.3 is 4.74 Å². The van der Waals surface area contributed by atoms with E-state index in [1.54, 1.807) is 31.2 Å². The molecule has 0 spiro atoms. The zero-order valence-corrected chi connectivity index (χ0v) is 8.79. The second-order valence-electron chi connectivity index (χ2n) is 3.13. The van der Waals surface area contributed by atoms with E-state index >= 15 is 0 Å². The monoisotopic (exact) mass is 208 g/mol. The number of ether oxygens (including phenoxy) is 1. The van der Waals surface area contributed by atoms with Gasteiger partial charge in [0.15, 0.2) is 0 Å². The lowest BCUT2D eigenvalue weighted by Gasteiger charge is -2.03. The summed E-state index contributed by atoms with van der Waals surface area (Å²) < 4.78 is 18.0. The van der Waals surface area contributed by atoms with E-state index in [1.165, 1.54) is 6.07 Å². The van der Waals surface area contributed by atoms with Crippen LogP contribution < -0.4 is 0 Å². The van der Waals surface area contributed by atoms with Crippen LogP contribution in [-0.4, -0.2) is 12.6 Å². The summed E-state index contributed by atoms with van der Waals surface area (Å²) in [5.74, 6) is -0.900. The topological polar surface area (TPSA) is 26.3 Å². The number of benzene rings is 1. The van der Waals surface area contributed by atoms with E-state index in [0.29, 0.717) is 5.56 Å². The Hall–Kier alpha value is -1.64. The van der Waals surface area contributed by atoms with Crippen molar-refractivity contribution in [1.29, 1.82) is 0 Å². The standard InChI is InChI=1S/C12H13FO2/c1-3-4-7-15-12(14)10-6-5-9(2)11(13)8-10/h3-6,8H,7H2,1-2H3/b4-3+. The molecule has 0 aliphatic heterocycles. The normalized spacial score (nSPS) is 10.6. The molecule has 1 aromatic carbocycles. The lowest BCUT2D eigenvalue weighted by molar-refractivity contribution is 0.0549. The van der Waals surface area contributed by atoms with Crippen molar-refractivity contribution in [3.05, 3.63) is 47.3 Å². The molecule has 0 saturated carbocycles. The van der Waals surface area contributed by atoms with Gasteiger partial charge >= 0.3 is 5.97 Å². The molecule has 0 aliphatic rings. The van der Waals surface area contributed by atoms with Crippen LogP contribution in [0.25, 0.3) is 0 Å². The fourth-order valence-corrected chi connectivity index (χ4v) is 1.02. The lowest BCUT2D eigenvalue weighted by atomic mass is 10.1. The summed E-state index contributed by atoms with van der Waals surface area (Å²) in [4.78, 5) is 11.4. The molecule has 0 aromatic heterocycles. The molecule has 0 amide bonds. The van der Waals surface area contributed by atoms with Gasteiger partial charge in [0.2, 0.25) is 0 Å². The minimum atomic E-state index is -0.507. The van der Waals surface area contributed by atoms with Crippen molar-refractivity contribution in [3.8, 4) is 0 Å². The fraction of sp³-hybridized carbons (Fsp3) is 0.250. The Balaban J connectivity index is 2.70. The highest BCUT2D eigenvalue weighted by Gasteiger charge is 2.08. The lowest BCUT2D eigenvalue weighted by Crippen LogP contribution is -2.05. The van der Waals surface area contributed by atoms with E-state index < -0.39 is 11.8 Å². The Morgan fingerprint density at radius 2 is 2.27 bits per heavy atom. The molecule has 0 saturated heterocycles. The highest BCUT2D eigenvalue weighted by atomic mass is 19.1. The first-order chi connectivity index (χ1) is 7.15. The van der Waals surface area contributed by atoms with Gasteiger partial charge in [0.05, 0.1) is 5.56 Å². The summed E-state index contributed by atoms with van der Waals surface area (Å²) in [5.41, 5.74) is 0.752. The molecular weight excluding hydrogens is 195 g/mol. The van der Waals surface area contributed by atoms with Gasteiger partial charge in [0.25, 0.3) is 0 Å². The number of rotatable bonds is 3. The van der Waals surface area contributed by atoms with E-state index in [4.69, 9.17) is 4.74 Å². The number of carbonyl (C=O) groups is 1. The third-order valence-corrected chi connectivity index (χ3v) is 1.95. The summed E-state index contributed by atoms with van der Waals surface area (Å²) in [6, 6.07) is 4.30. The largest absolute Gasteiger partial charge is 0.458 e. The Morgan fingerprint density at radius 1 is 1.53 bits per heavy atom. The van der Waals surface area contributed by atoms with E-state index in [-0.39, 0.29) is 12.2 Å². The number of allylic oxidation sites excluding steroid dienone is 1. The van der Waals surface area contributed by atoms with Crippen molar-refractivity contribution in [3.63, 3.8) is 0 Å². The molecule has 3 heteroatoms. The maximum atomic E-state index is 13.1.